The highest BCUT2D eigenvalue weighted by Crippen LogP contribution is 2.19. The van der Waals surface area contributed by atoms with Crippen LogP contribution in [0.15, 0.2) is 36.4 Å². The van der Waals surface area contributed by atoms with Crippen LogP contribution in [0.3, 0.4) is 0 Å². The van der Waals surface area contributed by atoms with Gasteiger partial charge in [0.15, 0.2) is 11.6 Å². The lowest BCUT2D eigenvalue weighted by molar-refractivity contribution is -0.124. The first-order valence-electron chi connectivity index (χ1n) is 8.94. The minimum Gasteiger partial charge on any atom is -0.494 e. The standard InChI is InChI=1S/C21H26FN3O3/c1-14-6-5-7-15(2)21(14)24-19(26)11-23-20(27)13-25(3)12-16-8-9-18(28-4)17(22)10-16/h5-10H,11-13H2,1-4H3,(H,23,27)(H,24,26). The fourth-order valence-electron chi connectivity index (χ4n) is 2.85. The average Bonchev–Trinajstić information content (AvgIpc) is 2.63. The third kappa shape index (κ3) is 6.06. The molecule has 0 saturated heterocycles. The van der Waals surface area contributed by atoms with Crippen LogP contribution in [0.25, 0.3) is 0 Å². The Morgan fingerprint density at radius 1 is 1.11 bits per heavy atom. The van der Waals surface area contributed by atoms with E-state index < -0.39 is 5.82 Å². The lowest BCUT2D eigenvalue weighted by Crippen LogP contribution is -2.39. The molecule has 0 aliphatic rings. The second-order valence-corrected chi connectivity index (χ2v) is 6.73. The average molecular weight is 387 g/mol. The van der Waals surface area contributed by atoms with Crippen LogP contribution >= 0.6 is 0 Å². The van der Waals surface area contributed by atoms with Gasteiger partial charge in [-0.05, 0) is 49.7 Å². The largest absolute Gasteiger partial charge is 0.494 e. The van der Waals surface area contributed by atoms with Gasteiger partial charge in [-0.3, -0.25) is 14.5 Å². The van der Waals surface area contributed by atoms with E-state index in [0.29, 0.717) is 6.54 Å². The van der Waals surface area contributed by atoms with Crippen molar-refractivity contribution in [2.75, 3.05) is 32.6 Å². The first kappa shape index (κ1) is 21.4. The summed E-state index contributed by atoms with van der Waals surface area (Å²) >= 11 is 0. The molecule has 0 unspecified atom stereocenters. The van der Waals surface area contributed by atoms with Crippen molar-refractivity contribution in [1.29, 1.82) is 0 Å². The number of carbonyl (C=O) groups excluding carboxylic acids is 2. The fourth-order valence-corrected chi connectivity index (χ4v) is 2.85. The Balaban J connectivity index is 1.80. The highest BCUT2D eigenvalue weighted by atomic mass is 19.1. The Hall–Kier alpha value is -2.93. The molecule has 150 valence electrons. The highest BCUT2D eigenvalue weighted by molar-refractivity contribution is 5.95. The third-order valence-electron chi connectivity index (χ3n) is 4.27. The number of halogens is 1. The number of nitrogens with zero attached hydrogens (tertiary/aromatic N) is 1. The van der Waals surface area contributed by atoms with Crippen molar-refractivity contribution in [1.82, 2.24) is 10.2 Å². The van der Waals surface area contributed by atoms with Gasteiger partial charge < -0.3 is 15.4 Å². The van der Waals surface area contributed by atoms with Crippen molar-refractivity contribution in [3.8, 4) is 5.75 Å². The number of ether oxygens (including phenoxy) is 1. The van der Waals surface area contributed by atoms with Crippen LogP contribution in [0.1, 0.15) is 16.7 Å². The number of para-hydroxylation sites is 1. The summed E-state index contributed by atoms with van der Waals surface area (Å²) in [4.78, 5) is 25.9. The van der Waals surface area contributed by atoms with Crippen LogP contribution in [0, 0.1) is 19.7 Å². The summed E-state index contributed by atoms with van der Waals surface area (Å²) in [6.45, 7) is 4.20. The maximum absolute atomic E-state index is 13.7. The van der Waals surface area contributed by atoms with Crippen LogP contribution in [0.2, 0.25) is 0 Å². The molecule has 2 amide bonds. The van der Waals surface area contributed by atoms with Crippen molar-refractivity contribution in [3.05, 3.63) is 58.9 Å². The molecule has 0 aromatic heterocycles. The molecule has 28 heavy (non-hydrogen) atoms. The monoisotopic (exact) mass is 387 g/mol. The predicted octanol–water partition coefficient (Wildman–Crippen LogP) is 2.64. The molecule has 7 heteroatoms. The smallest absolute Gasteiger partial charge is 0.243 e. The quantitative estimate of drug-likeness (QED) is 0.731. The van der Waals surface area contributed by atoms with Gasteiger partial charge in [-0.1, -0.05) is 24.3 Å². The molecule has 0 spiro atoms. The van der Waals surface area contributed by atoms with Gasteiger partial charge in [-0.2, -0.15) is 0 Å². The summed E-state index contributed by atoms with van der Waals surface area (Å²) in [5.41, 5.74) is 3.42. The molecule has 0 heterocycles. The summed E-state index contributed by atoms with van der Waals surface area (Å²) in [6, 6.07) is 10.4. The normalized spacial score (nSPS) is 10.6. The topological polar surface area (TPSA) is 70.7 Å². The minimum atomic E-state index is -0.443. The molecule has 0 saturated carbocycles. The number of rotatable bonds is 8. The van der Waals surface area contributed by atoms with Crippen molar-refractivity contribution in [3.63, 3.8) is 0 Å². The summed E-state index contributed by atoms with van der Waals surface area (Å²) in [5, 5.41) is 5.42. The van der Waals surface area contributed by atoms with E-state index in [2.05, 4.69) is 10.6 Å². The number of carbonyl (C=O) groups is 2. The summed E-state index contributed by atoms with van der Waals surface area (Å²) in [5.74, 6) is -0.834. The first-order valence-corrected chi connectivity index (χ1v) is 8.94. The SMILES string of the molecule is COc1ccc(CN(C)CC(=O)NCC(=O)Nc2c(C)cccc2C)cc1F. The van der Waals surface area contributed by atoms with E-state index in [1.165, 1.54) is 13.2 Å². The molecule has 2 aromatic rings. The second kappa shape index (κ2) is 9.85. The van der Waals surface area contributed by atoms with Crippen LogP contribution in [-0.4, -0.2) is 44.0 Å². The van der Waals surface area contributed by atoms with E-state index in [9.17, 15) is 14.0 Å². The molecule has 0 atom stereocenters. The molecule has 0 aliphatic carbocycles. The first-order chi connectivity index (χ1) is 13.3. The lowest BCUT2D eigenvalue weighted by Gasteiger charge is -2.17. The molecule has 0 bridgehead atoms. The van der Waals surface area contributed by atoms with E-state index in [-0.39, 0.29) is 30.7 Å². The number of benzene rings is 2. The number of amides is 2. The van der Waals surface area contributed by atoms with Gasteiger partial charge in [0, 0.05) is 12.2 Å². The predicted molar refractivity (Wildman–Crippen MR) is 107 cm³/mol. The zero-order valence-corrected chi connectivity index (χ0v) is 16.6. The highest BCUT2D eigenvalue weighted by Gasteiger charge is 2.12. The molecule has 0 fully saturated rings. The number of anilines is 1. The Bertz CT molecular complexity index is 835. The molecular formula is C21H26FN3O3. The molecule has 0 radical (unpaired) electrons. The maximum atomic E-state index is 13.7. The van der Waals surface area contributed by atoms with Gasteiger partial charge in [0.1, 0.15) is 0 Å². The zero-order chi connectivity index (χ0) is 20.7. The van der Waals surface area contributed by atoms with Crippen molar-refractivity contribution in [2.45, 2.75) is 20.4 Å². The van der Waals surface area contributed by atoms with E-state index in [4.69, 9.17) is 4.74 Å². The summed E-state index contributed by atoms with van der Waals surface area (Å²) < 4.78 is 18.6. The number of nitrogens with one attached hydrogen (secondary N) is 2. The number of likely N-dealkylation sites (N-methyl/N-ethyl adjacent to an activating group) is 1. The molecule has 2 aromatic carbocycles. The Labute approximate surface area is 164 Å². The van der Waals surface area contributed by atoms with Crippen LogP contribution in [0.4, 0.5) is 10.1 Å². The van der Waals surface area contributed by atoms with E-state index in [0.717, 1.165) is 22.4 Å². The van der Waals surface area contributed by atoms with Crippen molar-refractivity contribution >= 4 is 17.5 Å². The minimum absolute atomic E-state index is 0.0876. The zero-order valence-electron chi connectivity index (χ0n) is 16.6. The van der Waals surface area contributed by atoms with Gasteiger partial charge in [0.05, 0.1) is 20.2 Å². The number of methoxy groups -OCH3 is 1. The maximum Gasteiger partial charge on any atom is 0.243 e. The van der Waals surface area contributed by atoms with E-state index in [1.807, 2.05) is 32.0 Å². The Kier molecular flexibility index (Phi) is 7.52. The molecular weight excluding hydrogens is 361 g/mol. The van der Waals surface area contributed by atoms with Gasteiger partial charge >= 0.3 is 0 Å². The number of hydrogen-bond acceptors (Lipinski definition) is 4. The number of aryl methyl sites for hydroxylation is 2. The van der Waals surface area contributed by atoms with Gasteiger partial charge in [-0.25, -0.2) is 4.39 Å². The van der Waals surface area contributed by atoms with Crippen molar-refractivity contribution in [2.24, 2.45) is 0 Å². The van der Waals surface area contributed by atoms with E-state index >= 15 is 0 Å². The fraction of sp³-hybridized carbons (Fsp3) is 0.333. The molecule has 2 N–H and O–H groups in total. The lowest BCUT2D eigenvalue weighted by atomic mass is 10.1. The van der Waals surface area contributed by atoms with E-state index in [1.54, 1.807) is 24.1 Å². The van der Waals surface area contributed by atoms with Crippen molar-refractivity contribution < 1.29 is 18.7 Å². The van der Waals surface area contributed by atoms with Gasteiger partial charge in [0.2, 0.25) is 11.8 Å². The number of hydrogen-bond donors (Lipinski definition) is 2. The van der Waals surface area contributed by atoms with Crippen LogP contribution in [-0.2, 0) is 16.1 Å². The van der Waals surface area contributed by atoms with Gasteiger partial charge in [0.25, 0.3) is 0 Å². The third-order valence-corrected chi connectivity index (χ3v) is 4.27. The Morgan fingerprint density at radius 3 is 2.39 bits per heavy atom. The summed E-state index contributed by atoms with van der Waals surface area (Å²) in [6.07, 6.45) is 0. The van der Waals surface area contributed by atoms with Gasteiger partial charge in [-0.15, -0.1) is 0 Å². The van der Waals surface area contributed by atoms with Crippen LogP contribution in [0.5, 0.6) is 5.75 Å². The Morgan fingerprint density at radius 2 is 1.79 bits per heavy atom. The molecule has 2 rings (SSSR count). The molecule has 6 nitrogen and oxygen atoms in total. The molecule has 0 aliphatic heterocycles. The van der Waals surface area contributed by atoms with Crippen LogP contribution < -0.4 is 15.4 Å². The second-order valence-electron chi connectivity index (χ2n) is 6.73. The summed E-state index contributed by atoms with van der Waals surface area (Å²) in [7, 11) is 3.16.